The van der Waals surface area contributed by atoms with Gasteiger partial charge in [0, 0.05) is 31.5 Å². The Balaban J connectivity index is 2.19. The fourth-order valence-corrected chi connectivity index (χ4v) is 6.39. The number of hydrogen-bond donors (Lipinski definition) is 2. The third-order valence-corrected chi connectivity index (χ3v) is 9.63. The Labute approximate surface area is 297 Å². The number of allylic oxidation sites excluding steroid dienone is 2. The van der Waals surface area contributed by atoms with Crippen LogP contribution in [0, 0.1) is 0 Å². The molecule has 1 aromatic heterocycles. The van der Waals surface area contributed by atoms with Crippen molar-refractivity contribution >= 4 is 11.8 Å². The second-order valence-electron chi connectivity index (χ2n) is 14.4. The van der Waals surface area contributed by atoms with Crippen LogP contribution in [0.1, 0.15) is 199 Å². The monoisotopic (exact) mass is 669 g/mol. The lowest BCUT2D eigenvalue weighted by Gasteiger charge is -2.18. The van der Waals surface area contributed by atoms with E-state index in [-0.39, 0.29) is 11.8 Å². The van der Waals surface area contributed by atoms with Crippen LogP contribution in [0.15, 0.2) is 36.7 Å². The summed E-state index contributed by atoms with van der Waals surface area (Å²) in [4.78, 5) is 26.0. The first-order chi connectivity index (χ1) is 23.6. The Morgan fingerprint density at radius 2 is 1.02 bits per heavy atom. The Bertz CT molecular complexity index is 898. The first kappa shape index (κ1) is 43.9. The highest BCUT2D eigenvalue weighted by atomic mass is 16.2. The topological polar surface area (TPSA) is 62.1 Å². The lowest BCUT2D eigenvalue weighted by molar-refractivity contribution is -0.671. The molecule has 1 rings (SSSR count). The van der Waals surface area contributed by atoms with Crippen LogP contribution in [0.2, 0.25) is 0 Å². The normalized spacial score (nSPS) is 12.1. The number of aryl methyl sites for hydroxylation is 1. The maximum Gasteiger partial charge on any atom is 0.242 e. The van der Waals surface area contributed by atoms with Gasteiger partial charge in [-0.15, -0.1) is 0 Å². The summed E-state index contributed by atoms with van der Waals surface area (Å²) in [6.45, 7) is 5.23. The number of carbonyl (C=O) groups excluding carboxylic acids is 2. The number of pyridine rings is 1. The van der Waals surface area contributed by atoms with Crippen LogP contribution in [0.3, 0.4) is 0 Å². The van der Waals surface area contributed by atoms with Gasteiger partial charge >= 0.3 is 0 Å². The highest BCUT2D eigenvalue weighted by molar-refractivity contribution is 5.87. The molecule has 0 fully saturated rings. The molecule has 2 amide bonds. The smallest absolute Gasteiger partial charge is 0.242 e. The average Bonchev–Trinajstić information content (AvgIpc) is 3.08. The third-order valence-electron chi connectivity index (χ3n) is 9.63. The SMILES string of the molecule is CCCCCCCCC=CCCCCCCCC(=O)NC(Cc1cc[n+](C)cc1)C(=O)NCCCCCCCCCCCCCCCC. The highest BCUT2D eigenvalue weighted by Crippen LogP contribution is 2.14. The molecule has 0 spiro atoms. The van der Waals surface area contributed by atoms with Crippen LogP contribution in [-0.4, -0.2) is 24.4 Å². The van der Waals surface area contributed by atoms with Crippen molar-refractivity contribution in [3.8, 4) is 0 Å². The van der Waals surface area contributed by atoms with Gasteiger partial charge < -0.3 is 10.6 Å². The van der Waals surface area contributed by atoms with Gasteiger partial charge in [0.05, 0.1) is 0 Å². The van der Waals surface area contributed by atoms with Crippen LogP contribution >= 0.6 is 0 Å². The lowest BCUT2D eigenvalue weighted by atomic mass is 10.0. The molecule has 1 atom stereocenters. The van der Waals surface area contributed by atoms with E-state index >= 15 is 0 Å². The molecule has 2 N–H and O–H groups in total. The van der Waals surface area contributed by atoms with E-state index in [2.05, 4.69) is 36.6 Å². The molecule has 1 heterocycles. The van der Waals surface area contributed by atoms with E-state index in [1.807, 2.05) is 36.1 Å². The Kier molecular flexibility index (Phi) is 30.5. The standard InChI is InChI=1S/C43H77N3O2/c1-4-6-8-10-12-14-16-18-20-21-23-25-27-29-31-33-42(47)45-41(39-40-34-37-46(3)38-35-40)43(48)44-36-32-30-28-26-24-22-19-17-15-13-11-9-7-5-2/h18,20,34-35,37-38,41H,4-17,19,21-33,36,39H2,1-3H3,(H-,44,45,47,48)/p+1. The minimum Gasteiger partial charge on any atom is -0.354 e. The predicted octanol–water partition coefficient (Wildman–Crippen LogP) is 11.2. The fraction of sp³-hybridized carbons (Fsp3) is 0.791. The zero-order valence-corrected chi connectivity index (χ0v) is 32.0. The molecule has 0 aliphatic heterocycles. The van der Waals surface area contributed by atoms with Crippen molar-refractivity contribution in [1.82, 2.24) is 10.6 Å². The van der Waals surface area contributed by atoms with Gasteiger partial charge in [0.1, 0.15) is 13.1 Å². The number of nitrogens with zero attached hydrogens (tertiary/aromatic N) is 1. The molecule has 48 heavy (non-hydrogen) atoms. The van der Waals surface area contributed by atoms with Gasteiger partial charge in [-0.1, -0.05) is 161 Å². The summed E-state index contributed by atoms with van der Waals surface area (Å²) in [5.74, 6) is -0.0680. The molecule has 5 nitrogen and oxygen atoms in total. The minimum atomic E-state index is -0.528. The number of carbonyl (C=O) groups is 2. The molecule has 0 radical (unpaired) electrons. The maximum atomic E-state index is 13.2. The first-order valence-corrected chi connectivity index (χ1v) is 20.7. The zero-order chi connectivity index (χ0) is 34.8. The molecular formula is C43H78N3O2+. The quantitative estimate of drug-likeness (QED) is 0.0436. The van der Waals surface area contributed by atoms with Crippen LogP contribution in [0.25, 0.3) is 0 Å². The predicted molar refractivity (Wildman–Crippen MR) is 206 cm³/mol. The van der Waals surface area contributed by atoms with Crippen molar-refractivity contribution in [2.75, 3.05) is 6.54 Å². The summed E-state index contributed by atoms with van der Waals surface area (Å²) in [6, 6.07) is 3.54. The molecule has 5 heteroatoms. The Morgan fingerprint density at radius 1 is 0.604 bits per heavy atom. The number of aromatic nitrogens is 1. The zero-order valence-electron chi connectivity index (χ0n) is 32.0. The van der Waals surface area contributed by atoms with Crippen molar-refractivity contribution in [2.45, 2.75) is 206 Å². The molecule has 0 aromatic carbocycles. The van der Waals surface area contributed by atoms with Gasteiger partial charge in [-0.05, 0) is 44.1 Å². The van der Waals surface area contributed by atoms with Gasteiger partial charge in [0.15, 0.2) is 12.4 Å². The van der Waals surface area contributed by atoms with E-state index < -0.39 is 6.04 Å². The summed E-state index contributed by atoms with van der Waals surface area (Å²) in [5, 5.41) is 6.19. The van der Waals surface area contributed by atoms with Crippen molar-refractivity contribution < 1.29 is 14.2 Å². The van der Waals surface area contributed by atoms with Gasteiger partial charge in [-0.2, -0.15) is 0 Å². The largest absolute Gasteiger partial charge is 0.354 e. The van der Waals surface area contributed by atoms with Crippen LogP contribution in [-0.2, 0) is 23.1 Å². The molecule has 0 bridgehead atoms. The molecule has 0 aliphatic carbocycles. The molecule has 0 aliphatic rings. The molecule has 0 saturated heterocycles. The van der Waals surface area contributed by atoms with Gasteiger partial charge in [-0.25, -0.2) is 4.57 Å². The van der Waals surface area contributed by atoms with E-state index in [1.54, 1.807) is 0 Å². The fourth-order valence-electron chi connectivity index (χ4n) is 6.39. The number of hydrogen-bond acceptors (Lipinski definition) is 2. The summed E-state index contributed by atoms with van der Waals surface area (Å²) >= 11 is 0. The Hall–Kier alpha value is -2.17. The van der Waals surface area contributed by atoms with E-state index in [0.29, 0.717) is 19.4 Å². The summed E-state index contributed by atoms with van der Waals surface area (Å²) in [6.07, 6.45) is 44.4. The number of unbranched alkanes of at least 4 members (excludes halogenated alkanes) is 24. The second kappa shape index (κ2) is 33.3. The first-order valence-electron chi connectivity index (χ1n) is 20.7. The van der Waals surface area contributed by atoms with E-state index in [1.165, 1.54) is 148 Å². The maximum absolute atomic E-state index is 13.2. The van der Waals surface area contributed by atoms with E-state index in [0.717, 1.165) is 31.2 Å². The van der Waals surface area contributed by atoms with E-state index in [4.69, 9.17) is 0 Å². The van der Waals surface area contributed by atoms with Crippen molar-refractivity contribution in [3.05, 3.63) is 42.2 Å². The molecule has 1 aromatic rings. The summed E-state index contributed by atoms with van der Waals surface area (Å²) in [7, 11) is 1.99. The minimum absolute atomic E-state index is 0.00856. The summed E-state index contributed by atoms with van der Waals surface area (Å²) in [5.41, 5.74) is 1.06. The number of rotatable bonds is 34. The van der Waals surface area contributed by atoms with Crippen molar-refractivity contribution in [3.63, 3.8) is 0 Å². The Morgan fingerprint density at radius 3 is 1.50 bits per heavy atom. The lowest BCUT2D eigenvalue weighted by Crippen LogP contribution is -2.48. The summed E-state index contributed by atoms with van der Waals surface area (Å²) < 4.78 is 1.99. The average molecular weight is 669 g/mol. The van der Waals surface area contributed by atoms with Crippen LogP contribution in [0.4, 0.5) is 0 Å². The molecule has 0 saturated carbocycles. The third kappa shape index (κ3) is 27.7. The van der Waals surface area contributed by atoms with Gasteiger partial charge in [0.2, 0.25) is 11.8 Å². The highest BCUT2D eigenvalue weighted by Gasteiger charge is 2.21. The van der Waals surface area contributed by atoms with Crippen molar-refractivity contribution in [2.24, 2.45) is 7.05 Å². The van der Waals surface area contributed by atoms with Gasteiger partial charge in [0.25, 0.3) is 0 Å². The number of nitrogens with one attached hydrogen (secondary N) is 2. The van der Waals surface area contributed by atoms with Crippen molar-refractivity contribution in [1.29, 1.82) is 0 Å². The van der Waals surface area contributed by atoms with Gasteiger partial charge in [-0.3, -0.25) is 9.59 Å². The molecular weight excluding hydrogens is 590 g/mol. The van der Waals surface area contributed by atoms with Crippen LogP contribution < -0.4 is 15.2 Å². The van der Waals surface area contributed by atoms with E-state index in [9.17, 15) is 9.59 Å². The molecule has 276 valence electrons. The van der Waals surface area contributed by atoms with Crippen LogP contribution in [0.5, 0.6) is 0 Å². The second-order valence-corrected chi connectivity index (χ2v) is 14.4. The number of amides is 2. The molecule has 1 unspecified atom stereocenters.